The smallest absolute Gasteiger partial charge is 0.251 e. The van der Waals surface area contributed by atoms with E-state index in [2.05, 4.69) is 50.9 Å². The van der Waals surface area contributed by atoms with E-state index >= 15 is 0 Å². The highest BCUT2D eigenvalue weighted by Crippen LogP contribution is 2.29. The molecule has 0 unspecified atom stereocenters. The molecule has 5 nitrogen and oxygen atoms in total. The topological polar surface area (TPSA) is 66.9 Å². The number of amides is 1. The van der Waals surface area contributed by atoms with Gasteiger partial charge in [-0.3, -0.25) is 4.79 Å². The van der Waals surface area contributed by atoms with Crippen LogP contribution in [0, 0.1) is 0 Å². The molecule has 1 aliphatic carbocycles. The zero-order chi connectivity index (χ0) is 22.5. The molecule has 33 heavy (non-hydrogen) atoms. The van der Waals surface area contributed by atoms with Crippen molar-refractivity contribution in [2.24, 2.45) is 0 Å². The van der Waals surface area contributed by atoms with Crippen molar-refractivity contribution < 1.29 is 4.79 Å². The van der Waals surface area contributed by atoms with E-state index < -0.39 is 0 Å². The van der Waals surface area contributed by atoms with Crippen molar-refractivity contribution in [3.05, 3.63) is 114 Å². The quantitative estimate of drug-likeness (QED) is 0.417. The van der Waals surface area contributed by atoms with Crippen molar-refractivity contribution in [1.82, 2.24) is 15.3 Å². The second kappa shape index (κ2) is 9.65. The second-order valence-corrected chi connectivity index (χ2v) is 8.33. The van der Waals surface area contributed by atoms with Crippen molar-refractivity contribution in [3.63, 3.8) is 0 Å². The van der Waals surface area contributed by atoms with Crippen molar-refractivity contribution >= 4 is 11.9 Å². The monoisotopic (exact) mass is 434 g/mol. The third-order valence-corrected chi connectivity index (χ3v) is 6.10. The molecule has 0 spiro atoms. The molecule has 1 aromatic heterocycles. The van der Waals surface area contributed by atoms with Gasteiger partial charge >= 0.3 is 0 Å². The first kappa shape index (κ1) is 20.9. The number of carbonyl (C=O) groups excluding carboxylic acids is 1. The molecule has 4 aromatic rings. The van der Waals surface area contributed by atoms with Crippen LogP contribution in [0.5, 0.6) is 0 Å². The van der Waals surface area contributed by atoms with Gasteiger partial charge in [-0.1, -0.05) is 66.7 Å². The lowest BCUT2D eigenvalue weighted by Crippen LogP contribution is -2.30. The number of hydrogen-bond donors (Lipinski definition) is 2. The van der Waals surface area contributed by atoms with E-state index in [4.69, 9.17) is 0 Å². The van der Waals surface area contributed by atoms with Crippen LogP contribution in [-0.4, -0.2) is 15.9 Å². The largest absolute Gasteiger partial charge is 0.350 e. The number of nitrogens with zero attached hydrogens (tertiary/aromatic N) is 2. The summed E-state index contributed by atoms with van der Waals surface area (Å²) in [6.07, 6.45) is 6.75. The molecule has 164 valence electrons. The Morgan fingerprint density at radius 2 is 1.58 bits per heavy atom. The first-order valence-electron chi connectivity index (χ1n) is 11.4. The van der Waals surface area contributed by atoms with Crippen molar-refractivity contribution in [1.29, 1.82) is 0 Å². The molecule has 3 aromatic carbocycles. The number of aryl methyl sites for hydroxylation is 1. The molecule has 0 saturated carbocycles. The van der Waals surface area contributed by atoms with Gasteiger partial charge in [0.1, 0.15) is 0 Å². The van der Waals surface area contributed by atoms with Crippen LogP contribution in [0.3, 0.4) is 0 Å². The van der Waals surface area contributed by atoms with Gasteiger partial charge in [0.05, 0.1) is 6.04 Å². The number of fused-ring (bicyclic) bond motifs is 1. The maximum absolute atomic E-state index is 12.9. The molecule has 0 saturated heterocycles. The average Bonchev–Trinajstić information content (AvgIpc) is 2.89. The van der Waals surface area contributed by atoms with Gasteiger partial charge in [-0.05, 0) is 53.6 Å². The molecular weight excluding hydrogens is 408 g/mol. The maximum Gasteiger partial charge on any atom is 0.251 e. The molecule has 1 heterocycles. The summed E-state index contributed by atoms with van der Waals surface area (Å²) in [5.74, 6) is 0.548. The van der Waals surface area contributed by atoms with Crippen molar-refractivity contribution in [2.45, 2.75) is 31.8 Å². The summed E-state index contributed by atoms with van der Waals surface area (Å²) in [7, 11) is 0. The van der Waals surface area contributed by atoms with E-state index in [1.807, 2.05) is 48.5 Å². The molecule has 2 N–H and O–H groups in total. The fourth-order valence-corrected chi connectivity index (χ4v) is 4.30. The standard InChI is InChI=1S/C28H26N4O/c33-27(32-26-12-6-10-22-9-4-5-11-25(22)26)23-15-13-21(14-16-23)24-18-30-28(31-19-24)29-17-20-7-2-1-3-8-20/h1-5,7-9,11,13-16,18-19,26H,6,10,12,17H2,(H,32,33)(H,29,30,31)/t26-/m0/s1. The summed E-state index contributed by atoms with van der Waals surface area (Å²) in [6.45, 7) is 0.676. The summed E-state index contributed by atoms with van der Waals surface area (Å²) in [6, 6.07) is 26.2. The lowest BCUT2D eigenvalue weighted by molar-refractivity contribution is 0.0933. The van der Waals surface area contributed by atoms with Gasteiger partial charge < -0.3 is 10.6 Å². The van der Waals surface area contributed by atoms with Crippen LogP contribution in [0.25, 0.3) is 11.1 Å². The summed E-state index contributed by atoms with van der Waals surface area (Å²) in [4.78, 5) is 21.7. The first-order chi connectivity index (χ1) is 16.3. The highest BCUT2D eigenvalue weighted by Gasteiger charge is 2.21. The molecule has 0 aliphatic heterocycles. The lowest BCUT2D eigenvalue weighted by atomic mass is 9.87. The van der Waals surface area contributed by atoms with E-state index in [1.54, 1.807) is 12.4 Å². The van der Waals surface area contributed by atoms with E-state index in [0.29, 0.717) is 18.1 Å². The highest BCUT2D eigenvalue weighted by atomic mass is 16.1. The Bertz CT molecular complexity index is 1220. The third kappa shape index (κ3) is 4.93. The normalized spacial score (nSPS) is 14.8. The molecule has 1 amide bonds. The molecule has 0 fully saturated rings. The number of benzene rings is 3. The number of carbonyl (C=O) groups is 1. The SMILES string of the molecule is O=C(N[C@H]1CCCc2ccccc21)c1ccc(-c2cnc(NCc3ccccc3)nc2)cc1. The Hall–Kier alpha value is -3.99. The van der Waals surface area contributed by atoms with Crippen molar-refractivity contribution in [2.75, 3.05) is 5.32 Å². The minimum absolute atomic E-state index is 0.0417. The van der Waals surface area contributed by atoms with Gasteiger partial charge in [0.2, 0.25) is 5.95 Å². The Morgan fingerprint density at radius 1 is 0.848 bits per heavy atom. The summed E-state index contributed by atoms with van der Waals surface area (Å²) < 4.78 is 0. The van der Waals surface area contributed by atoms with Gasteiger partial charge in [0.15, 0.2) is 0 Å². The maximum atomic E-state index is 12.9. The van der Waals surface area contributed by atoms with Crippen LogP contribution >= 0.6 is 0 Å². The van der Waals surface area contributed by atoms with Gasteiger partial charge in [0, 0.05) is 30.1 Å². The lowest BCUT2D eigenvalue weighted by Gasteiger charge is -2.26. The van der Waals surface area contributed by atoms with E-state index in [1.165, 1.54) is 16.7 Å². The predicted molar refractivity (Wildman–Crippen MR) is 131 cm³/mol. The molecule has 0 radical (unpaired) electrons. The minimum atomic E-state index is -0.0417. The van der Waals surface area contributed by atoms with E-state index in [-0.39, 0.29) is 11.9 Å². The molecule has 1 atom stereocenters. The third-order valence-electron chi connectivity index (χ3n) is 6.10. The fraction of sp³-hybridized carbons (Fsp3) is 0.179. The number of anilines is 1. The van der Waals surface area contributed by atoms with Crippen molar-refractivity contribution in [3.8, 4) is 11.1 Å². The van der Waals surface area contributed by atoms with Crippen LogP contribution < -0.4 is 10.6 Å². The molecule has 0 bridgehead atoms. The molecule has 1 aliphatic rings. The second-order valence-electron chi connectivity index (χ2n) is 8.33. The van der Waals surface area contributed by atoms with Crippen LogP contribution in [-0.2, 0) is 13.0 Å². The van der Waals surface area contributed by atoms with Crippen LogP contribution in [0.15, 0.2) is 91.3 Å². The van der Waals surface area contributed by atoms with Crippen LogP contribution in [0.1, 0.15) is 45.9 Å². The zero-order valence-electron chi connectivity index (χ0n) is 18.4. The predicted octanol–water partition coefficient (Wildman–Crippen LogP) is 5.56. The number of aromatic nitrogens is 2. The average molecular weight is 435 g/mol. The van der Waals surface area contributed by atoms with Gasteiger partial charge in [0.25, 0.3) is 5.91 Å². The first-order valence-corrected chi connectivity index (χ1v) is 11.4. The van der Waals surface area contributed by atoms with Crippen LogP contribution in [0.2, 0.25) is 0 Å². The Balaban J connectivity index is 1.22. The number of rotatable bonds is 6. The van der Waals surface area contributed by atoms with Gasteiger partial charge in [-0.25, -0.2) is 9.97 Å². The Labute approximate surface area is 193 Å². The number of hydrogen-bond acceptors (Lipinski definition) is 4. The number of nitrogens with one attached hydrogen (secondary N) is 2. The Morgan fingerprint density at radius 3 is 2.36 bits per heavy atom. The van der Waals surface area contributed by atoms with Crippen LogP contribution in [0.4, 0.5) is 5.95 Å². The summed E-state index contributed by atoms with van der Waals surface area (Å²) >= 11 is 0. The fourth-order valence-electron chi connectivity index (χ4n) is 4.30. The summed E-state index contributed by atoms with van der Waals surface area (Å²) in [5, 5.41) is 6.45. The Kier molecular flexibility index (Phi) is 6.11. The molecule has 5 heteroatoms. The van der Waals surface area contributed by atoms with Gasteiger partial charge in [-0.2, -0.15) is 0 Å². The zero-order valence-corrected chi connectivity index (χ0v) is 18.4. The highest BCUT2D eigenvalue weighted by molar-refractivity contribution is 5.95. The summed E-state index contributed by atoms with van der Waals surface area (Å²) in [5.41, 5.74) is 6.30. The minimum Gasteiger partial charge on any atom is -0.350 e. The van der Waals surface area contributed by atoms with E-state index in [9.17, 15) is 4.79 Å². The van der Waals surface area contributed by atoms with E-state index in [0.717, 1.165) is 30.4 Å². The van der Waals surface area contributed by atoms with Gasteiger partial charge in [-0.15, -0.1) is 0 Å². The molecular formula is C28H26N4O. The molecule has 5 rings (SSSR count).